The lowest BCUT2D eigenvalue weighted by Gasteiger charge is -2.35. The third kappa shape index (κ3) is 2.79. The van der Waals surface area contributed by atoms with Crippen LogP contribution in [0.5, 0.6) is 0 Å². The second-order valence-electron chi connectivity index (χ2n) is 6.03. The minimum absolute atomic E-state index is 0.233. The highest BCUT2D eigenvalue weighted by atomic mass is 16.4. The number of hydrogen-bond donors (Lipinski definition) is 7. The zero-order valence-electron chi connectivity index (χ0n) is 12.8. The molecule has 2 aromatic rings. The van der Waals surface area contributed by atoms with Crippen molar-refractivity contribution in [2.75, 3.05) is 6.61 Å². The maximum absolute atomic E-state index is 11.4. The Labute approximate surface area is 137 Å². The number of carbonyl (C=O) groups is 1. The SMILES string of the molecule is O=C(O)[C@@H]1Cc2c([nH]c3ccccc23)[C@@H](C(O)[C@@H](O)[C@H](O)CO)N1. The molecule has 0 saturated carbocycles. The number of fused-ring (bicyclic) bond motifs is 3. The van der Waals surface area contributed by atoms with Gasteiger partial charge in [-0.1, -0.05) is 18.2 Å². The molecule has 24 heavy (non-hydrogen) atoms. The standard InChI is InChI=1S/C16H20N2O6/c19-6-11(20)14(21)15(22)13-12-8(5-10(18-13)16(23)24)7-3-1-2-4-9(7)17-12/h1-4,10-11,13-15,17-22H,5-6H2,(H,23,24)/t10-,11+,13-,14-,15?/m0/s1. The van der Waals surface area contributed by atoms with Crippen molar-refractivity contribution in [3.05, 3.63) is 35.5 Å². The van der Waals surface area contributed by atoms with Gasteiger partial charge < -0.3 is 30.5 Å². The summed E-state index contributed by atoms with van der Waals surface area (Å²) < 4.78 is 0. The van der Waals surface area contributed by atoms with Gasteiger partial charge in [0.15, 0.2) is 0 Å². The van der Waals surface area contributed by atoms with Crippen LogP contribution in [0.4, 0.5) is 0 Å². The molecule has 1 aliphatic heterocycles. The summed E-state index contributed by atoms with van der Waals surface area (Å²) in [7, 11) is 0. The summed E-state index contributed by atoms with van der Waals surface area (Å²) in [6, 6.07) is 5.52. The number of rotatable bonds is 5. The van der Waals surface area contributed by atoms with Gasteiger partial charge in [-0.2, -0.15) is 0 Å². The van der Waals surface area contributed by atoms with E-state index in [-0.39, 0.29) is 6.42 Å². The lowest BCUT2D eigenvalue weighted by atomic mass is 9.88. The number of hydrogen-bond acceptors (Lipinski definition) is 6. The monoisotopic (exact) mass is 336 g/mol. The topological polar surface area (TPSA) is 146 Å². The number of aliphatic carboxylic acids is 1. The molecule has 0 fully saturated rings. The van der Waals surface area contributed by atoms with E-state index in [9.17, 15) is 25.2 Å². The van der Waals surface area contributed by atoms with Crippen LogP contribution in [0.15, 0.2) is 24.3 Å². The van der Waals surface area contributed by atoms with E-state index in [4.69, 9.17) is 5.11 Å². The number of nitrogens with one attached hydrogen (secondary N) is 2. The van der Waals surface area contributed by atoms with Gasteiger partial charge in [-0.05, 0) is 11.6 Å². The molecule has 0 amide bonds. The Balaban J connectivity index is 2.05. The molecule has 0 spiro atoms. The van der Waals surface area contributed by atoms with Crippen LogP contribution in [0.3, 0.4) is 0 Å². The molecule has 0 aliphatic carbocycles. The number of H-pyrrole nitrogens is 1. The van der Waals surface area contributed by atoms with Gasteiger partial charge in [0.2, 0.25) is 0 Å². The van der Waals surface area contributed by atoms with E-state index in [2.05, 4.69) is 10.3 Å². The molecule has 8 heteroatoms. The summed E-state index contributed by atoms with van der Waals surface area (Å²) in [6.45, 7) is -0.715. The van der Waals surface area contributed by atoms with Gasteiger partial charge in [0.25, 0.3) is 0 Å². The zero-order chi connectivity index (χ0) is 17.4. The lowest BCUT2D eigenvalue weighted by molar-refractivity contribution is -0.141. The summed E-state index contributed by atoms with van der Waals surface area (Å²) in [5.74, 6) is -1.07. The molecule has 1 unspecified atom stereocenters. The Hall–Kier alpha value is -1.97. The smallest absolute Gasteiger partial charge is 0.321 e. The van der Waals surface area contributed by atoms with Crippen LogP contribution in [-0.4, -0.2) is 67.4 Å². The van der Waals surface area contributed by atoms with Crippen molar-refractivity contribution in [2.45, 2.75) is 36.8 Å². The number of aliphatic hydroxyl groups excluding tert-OH is 4. The van der Waals surface area contributed by atoms with Gasteiger partial charge in [0.1, 0.15) is 24.4 Å². The third-order valence-electron chi connectivity index (χ3n) is 4.52. The first-order chi connectivity index (χ1) is 11.4. The fraction of sp³-hybridized carbons (Fsp3) is 0.438. The lowest BCUT2D eigenvalue weighted by Crippen LogP contribution is -2.53. The maximum Gasteiger partial charge on any atom is 0.321 e. The predicted octanol–water partition coefficient (Wildman–Crippen LogP) is -1.12. The summed E-state index contributed by atoms with van der Waals surface area (Å²) in [5.41, 5.74) is 2.13. The van der Waals surface area contributed by atoms with Crippen LogP contribution >= 0.6 is 0 Å². The molecule has 130 valence electrons. The maximum atomic E-state index is 11.4. The van der Waals surface area contributed by atoms with Crippen LogP contribution < -0.4 is 5.32 Å². The summed E-state index contributed by atoms with van der Waals surface area (Å²) in [4.78, 5) is 14.6. The number of carboxylic acids is 1. The summed E-state index contributed by atoms with van der Waals surface area (Å²) in [6.07, 6.45) is -4.42. The fourth-order valence-electron chi connectivity index (χ4n) is 3.23. The van der Waals surface area contributed by atoms with Gasteiger partial charge >= 0.3 is 5.97 Å². The first kappa shape index (κ1) is 16.9. The normalized spacial score (nSPS) is 24.3. The summed E-state index contributed by atoms with van der Waals surface area (Å²) >= 11 is 0. The van der Waals surface area contributed by atoms with Crippen molar-refractivity contribution in [2.24, 2.45) is 0 Å². The molecule has 1 aliphatic rings. The van der Waals surface area contributed by atoms with Crippen molar-refractivity contribution in [1.82, 2.24) is 10.3 Å². The molecule has 5 atom stereocenters. The van der Waals surface area contributed by atoms with Gasteiger partial charge in [0.05, 0.1) is 12.6 Å². The molecule has 7 N–H and O–H groups in total. The molecule has 0 bridgehead atoms. The van der Waals surface area contributed by atoms with Crippen LogP contribution in [0.25, 0.3) is 10.9 Å². The molecule has 8 nitrogen and oxygen atoms in total. The van der Waals surface area contributed by atoms with E-state index >= 15 is 0 Å². The van der Waals surface area contributed by atoms with E-state index in [0.717, 1.165) is 16.5 Å². The molecule has 1 aromatic carbocycles. The van der Waals surface area contributed by atoms with Crippen molar-refractivity contribution in [3.8, 4) is 0 Å². The van der Waals surface area contributed by atoms with Crippen LogP contribution in [0, 0.1) is 0 Å². The minimum Gasteiger partial charge on any atom is -0.480 e. The van der Waals surface area contributed by atoms with E-state index in [1.807, 2.05) is 24.3 Å². The first-order valence-electron chi connectivity index (χ1n) is 7.67. The number of aliphatic hydroxyl groups is 4. The Morgan fingerprint density at radius 1 is 1.25 bits per heavy atom. The Kier molecular flexibility index (Phi) is 4.57. The molecule has 2 heterocycles. The summed E-state index contributed by atoms with van der Waals surface area (Å²) in [5, 5.41) is 52.0. The van der Waals surface area contributed by atoms with E-state index in [1.54, 1.807) is 0 Å². The average Bonchev–Trinajstić information content (AvgIpc) is 2.97. The highest BCUT2D eigenvalue weighted by Gasteiger charge is 2.40. The van der Waals surface area contributed by atoms with Crippen molar-refractivity contribution >= 4 is 16.9 Å². The largest absolute Gasteiger partial charge is 0.480 e. The minimum atomic E-state index is -1.63. The number of benzene rings is 1. The van der Waals surface area contributed by atoms with Crippen molar-refractivity contribution in [3.63, 3.8) is 0 Å². The number of aromatic nitrogens is 1. The number of aromatic amines is 1. The van der Waals surface area contributed by atoms with E-state index in [0.29, 0.717) is 5.69 Å². The third-order valence-corrected chi connectivity index (χ3v) is 4.52. The molecular weight excluding hydrogens is 316 g/mol. The van der Waals surface area contributed by atoms with Gasteiger partial charge in [-0.15, -0.1) is 0 Å². The fourth-order valence-corrected chi connectivity index (χ4v) is 3.23. The van der Waals surface area contributed by atoms with Crippen molar-refractivity contribution in [1.29, 1.82) is 0 Å². The molecular formula is C16H20N2O6. The second kappa shape index (κ2) is 6.50. The van der Waals surface area contributed by atoms with Gasteiger partial charge in [-0.25, -0.2) is 0 Å². The quantitative estimate of drug-likeness (QED) is 0.366. The van der Waals surface area contributed by atoms with Crippen molar-refractivity contribution < 1.29 is 30.3 Å². The molecule has 1 aromatic heterocycles. The number of carboxylic acid groups (broad SMARTS) is 1. The van der Waals surface area contributed by atoms with Crippen LogP contribution in [0.2, 0.25) is 0 Å². The van der Waals surface area contributed by atoms with Gasteiger partial charge in [-0.3, -0.25) is 10.1 Å². The Bertz CT molecular complexity index is 745. The highest BCUT2D eigenvalue weighted by molar-refractivity contribution is 5.86. The average molecular weight is 336 g/mol. The Morgan fingerprint density at radius 3 is 2.62 bits per heavy atom. The van der Waals surface area contributed by atoms with E-state index in [1.165, 1.54) is 0 Å². The van der Waals surface area contributed by atoms with E-state index < -0.39 is 43.0 Å². The predicted molar refractivity (Wildman–Crippen MR) is 84.4 cm³/mol. The molecule has 0 saturated heterocycles. The molecule has 3 rings (SSSR count). The van der Waals surface area contributed by atoms with Crippen LogP contribution in [0.1, 0.15) is 17.3 Å². The first-order valence-corrected chi connectivity index (χ1v) is 7.67. The number of para-hydroxylation sites is 1. The zero-order valence-corrected chi connectivity index (χ0v) is 12.8. The highest BCUT2D eigenvalue weighted by Crippen LogP contribution is 2.34. The van der Waals surface area contributed by atoms with Gasteiger partial charge in [0, 0.05) is 23.0 Å². The Morgan fingerprint density at radius 2 is 1.96 bits per heavy atom. The van der Waals surface area contributed by atoms with Crippen LogP contribution in [-0.2, 0) is 11.2 Å². The second-order valence-corrected chi connectivity index (χ2v) is 6.03. The molecule has 0 radical (unpaired) electrons.